The molecule has 0 radical (unpaired) electrons. The van der Waals surface area contributed by atoms with Crippen LogP contribution in [0.1, 0.15) is 5.56 Å². The zero-order valence-corrected chi connectivity index (χ0v) is 12.7. The number of anilines is 1. The fourth-order valence-electron chi connectivity index (χ4n) is 2.38. The molecule has 1 aromatic carbocycles. The van der Waals surface area contributed by atoms with Crippen LogP contribution in [-0.2, 0) is 0 Å². The van der Waals surface area contributed by atoms with Gasteiger partial charge in [-0.3, -0.25) is 4.98 Å². The third-order valence-corrected chi connectivity index (χ3v) is 4.34. The number of nitrogens with zero attached hydrogens (tertiary/aromatic N) is 4. The van der Waals surface area contributed by atoms with Crippen LogP contribution in [0.25, 0.3) is 27.3 Å². The smallest absolute Gasteiger partial charge is 0.182 e. The van der Waals surface area contributed by atoms with Gasteiger partial charge in [-0.15, -0.1) is 0 Å². The molecule has 0 saturated carbocycles. The molecular formula is C16H13N5S. The molecule has 0 aliphatic heterocycles. The fourth-order valence-corrected chi connectivity index (χ4v) is 3.20. The van der Waals surface area contributed by atoms with Crippen molar-refractivity contribution in [3.05, 3.63) is 54.4 Å². The van der Waals surface area contributed by atoms with Gasteiger partial charge in [0.15, 0.2) is 10.8 Å². The minimum absolute atomic E-state index is 0.540. The Morgan fingerprint density at radius 2 is 1.95 bits per heavy atom. The van der Waals surface area contributed by atoms with E-state index in [1.807, 2.05) is 28.9 Å². The Morgan fingerprint density at radius 1 is 1.14 bits per heavy atom. The van der Waals surface area contributed by atoms with Gasteiger partial charge in [-0.05, 0) is 31.2 Å². The lowest BCUT2D eigenvalue weighted by molar-refractivity contribution is 0.901. The number of hydrogen-bond acceptors (Lipinski definition) is 5. The van der Waals surface area contributed by atoms with Gasteiger partial charge in [0.2, 0.25) is 0 Å². The van der Waals surface area contributed by atoms with Gasteiger partial charge < -0.3 is 5.73 Å². The first kappa shape index (κ1) is 13.0. The minimum atomic E-state index is 0.540. The van der Waals surface area contributed by atoms with Crippen molar-refractivity contribution in [2.45, 2.75) is 6.92 Å². The Bertz CT molecular complexity index is 938. The topological polar surface area (TPSA) is 69.6 Å². The number of aromatic nitrogens is 4. The van der Waals surface area contributed by atoms with E-state index >= 15 is 0 Å². The molecule has 5 nitrogen and oxygen atoms in total. The van der Waals surface area contributed by atoms with Crippen LogP contribution in [0.15, 0.2) is 48.8 Å². The summed E-state index contributed by atoms with van der Waals surface area (Å²) in [6.45, 7) is 2.06. The molecule has 4 aromatic rings. The van der Waals surface area contributed by atoms with Crippen LogP contribution in [0.3, 0.4) is 0 Å². The van der Waals surface area contributed by atoms with Gasteiger partial charge in [-0.25, -0.2) is 9.67 Å². The lowest BCUT2D eigenvalue weighted by atomic mass is 10.2. The van der Waals surface area contributed by atoms with Gasteiger partial charge in [0.25, 0.3) is 0 Å². The van der Waals surface area contributed by atoms with Gasteiger partial charge in [-0.1, -0.05) is 29.0 Å². The summed E-state index contributed by atoms with van der Waals surface area (Å²) in [4.78, 5) is 8.61. The third-order valence-electron chi connectivity index (χ3n) is 3.46. The van der Waals surface area contributed by atoms with Gasteiger partial charge in [0, 0.05) is 18.0 Å². The van der Waals surface area contributed by atoms with Crippen molar-refractivity contribution in [2.24, 2.45) is 0 Å². The highest BCUT2D eigenvalue weighted by atomic mass is 32.1. The zero-order chi connectivity index (χ0) is 15.1. The zero-order valence-electron chi connectivity index (χ0n) is 11.9. The summed E-state index contributed by atoms with van der Waals surface area (Å²) in [6, 6.07) is 12.1. The molecule has 3 aromatic heterocycles. The summed E-state index contributed by atoms with van der Waals surface area (Å²) in [5, 5.41) is 5.27. The lowest BCUT2D eigenvalue weighted by Crippen LogP contribution is -1.98. The molecule has 0 aliphatic carbocycles. The van der Waals surface area contributed by atoms with E-state index in [9.17, 15) is 0 Å². The molecule has 108 valence electrons. The monoisotopic (exact) mass is 307 g/mol. The maximum absolute atomic E-state index is 5.90. The Balaban J connectivity index is 1.98. The van der Waals surface area contributed by atoms with Crippen LogP contribution in [0.4, 0.5) is 5.13 Å². The maximum Gasteiger partial charge on any atom is 0.182 e. The summed E-state index contributed by atoms with van der Waals surface area (Å²) in [7, 11) is 0. The van der Waals surface area contributed by atoms with Gasteiger partial charge >= 0.3 is 0 Å². The van der Waals surface area contributed by atoms with Crippen molar-refractivity contribution in [3.8, 4) is 16.9 Å². The number of hydrogen-bond donors (Lipinski definition) is 1. The summed E-state index contributed by atoms with van der Waals surface area (Å²) in [5.41, 5.74) is 10.7. The van der Waals surface area contributed by atoms with Crippen molar-refractivity contribution in [1.29, 1.82) is 0 Å². The van der Waals surface area contributed by atoms with E-state index in [2.05, 4.69) is 29.0 Å². The molecule has 3 heterocycles. The van der Waals surface area contributed by atoms with E-state index in [0.29, 0.717) is 5.13 Å². The van der Waals surface area contributed by atoms with E-state index in [1.165, 1.54) is 16.9 Å². The van der Waals surface area contributed by atoms with Crippen LogP contribution in [0.5, 0.6) is 0 Å². The largest absolute Gasteiger partial charge is 0.375 e. The molecule has 0 saturated heterocycles. The van der Waals surface area contributed by atoms with Crippen molar-refractivity contribution >= 4 is 26.8 Å². The molecule has 4 rings (SSSR count). The standard InChI is InChI=1S/C16H13N5S/c1-10-4-6-12(7-5-10)21-15-14(22-16(17)19-15)13(20-21)11-3-2-8-18-9-11/h2-9H,1H3,(H2,17,19). The summed E-state index contributed by atoms with van der Waals surface area (Å²) in [6.07, 6.45) is 3.55. The van der Waals surface area contributed by atoms with E-state index < -0.39 is 0 Å². The van der Waals surface area contributed by atoms with E-state index in [0.717, 1.165) is 27.3 Å². The van der Waals surface area contributed by atoms with E-state index in [1.54, 1.807) is 12.4 Å². The lowest BCUT2D eigenvalue weighted by Gasteiger charge is -2.02. The average Bonchev–Trinajstić information content (AvgIpc) is 3.06. The van der Waals surface area contributed by atoms with Gasteiger partial charge in [0.1, 0.15) is 10.4 Å². The van der Waals surface area contributed by atoms with Gasteiger partial charge in [-0.2, -0.15) is 5.10 Å². The quantitative estimate of drug-likeness (QED) is 0.616. The second kappa shape index (κ2) is 4.92. The number of fused-ring (bicyclic) bond motifs is 1. The highest BCUT2D eigenvalue weighted by Crippen LogP contribution is 2.34. The number of nitrogens with two attached hydrogens (primary N) is 1. The molecule has 0 fully saturated rings. The van der Waals surface area contributed by atoms with E-state index in [4.69, 9.17) is 10.8 Å². The number of aryl methyl sites for hydroxylation is 1. The Hall–Kier alpha value is -2.73. The first-order valence-electron chi connectivity index (χ1n) is 6.85. The van der Waals surface area contributed by atoms with Crippen molar-refractivity contribution in [2.75, 3.05) is 5.73 Å². The Labute approximate surface area is 131 Å². The molecule has 2 N–H and O–H groups in total. The highest BCUT2D eigenvalue weighted by molar-refractivity contribution is 7.22. The molecule has 0 unspecified atom stereocenters. The molecule has 0 bridgehead atoms. The SMILES string of the molecule is Cc1ccc(-n2nc(-c3cccnc3)c3sc(N)nc32)cc1. The summed E-state index contributed by atoms with van der Waals surface area (Å²) < 4.78 is 2.82. The summed E-state index contributed by atoms with van der Waals surface area (Å²) >= 11 is 1.45. The normalized spacial score (nSPS) is 11.1. The number of rotatable bonds is 2. The third kappa shape index (κ3) is 2.05. The maximum atomic E-state index is 5.90. The summed E-state index contributed by atoms with van der Waals surface area (Å²) in [5.74, 6) is 0. The molecule has 0 aliphatic rings. The van der Waals surface area contributed by atoms with Crippen LogP contribution in [-0.4, -0.2) is 19.7 Å². The molecule has 22 heavy (non-hydrogen) atoms. The molecular weight excluding hydrogens is 294 g/mol. The van der Waals surface area contributed by atoms with Crippen LogP contribution in [0, 0.1) is 6.92 Å². The minimum Gasteiger partial charge on any atom is -0.375 e. The number of thiazole rings is 1. The number of pyridine rings is 1. The van der Waals surface area contributed by atoms with Crippen molar-refractivity contribution in [1.82, 2.24) is 19.7 Å². The first-order valence-corrected chi connectivity index (χ1v) is 7.66. The molecule has 0 amide bonds. The highest BCUT2D eigenvalue weighted by Gasteiger charge is 2.17. The van der Waals surface area contributed by atoms with Gasteiger partial charge in [0.05, 0.1) is 5.69 Å². The van der Waals surface area contributed by atoms with E-state index in [-0.39, 0.29) is 0 Å². The van der Waals surface area contributed by atoms with Crippen LogP contribution < -0.4 is 5.73 Å². The molecule has 0 spiro atoms. The average molecular weight is 307 g/mol. The molecule has 6 heteroatoms. The Morgan fingerprint density at radius 3 is 2.68 bits per heavy atom. The predicted octanol–water partition coefficient (Wildman–Crippen LogP) is 3.43. The fraction of sp³-hybridized carbons (Fsp3) is 0.0625. The Kier molecular flexibility index (Phi) is 2.90. The number of benzene rings is 1. The predicted molar refractivity (Wildman–Crippen MR) is 89.1 cm³/mol. The van der Waals surface area contributed by atoms with Crippen molar-refractivity contribution < 1.29 is 0 Å². The van der Waals surface area contributed by atoms with Crippen molar-refractivity contribution in [3.63, 3.8) is 0 Å². The molecule has 0 atom stereocenters. The second-order valence-corrected chi connectivity index (χ2v) is 6.07. The first-order chi connectivity index (χ1) is 10.7. The number of nitrogen functional groups attached to an aromatic ring is 1. The second-order valence-electron chi connectivity index (χ2n) is 5.04. The van der Waals surface area contributed by atoms with Crippen LogP contribution in [0.2, 0.25) is 0 Å². The van der Waals surface area contributed by atoms with Crippen LogP contribution >= 0.6 is 11.3 Å².